The number of allylic oxidation sites excluding steroid dienone is 1. The Hall–Kier alpha value is -1.37. The average molecular weight is 240 g/mol. The Bertz CT molecular complexity index is 389. The lowest BCUT2D eigenvalue weighted by Crippen LogP contribution is -2.31. The van der Waals surface area contributed by atoms with Gasteiger partial charge < -0.3 is 20.8 Å². The van der Waals surface area contributed by atoms with Crippen LogP contribution in [0.4, 0.5) is 0 Å². The third kappa shape index (κ3) is 2.49. The summed E-state index contributed by atoms with van der Waals surface area (Å²) in [6, 6.07) is -0.940. The standard InChI is InChI=1S/C11H16N2O4/c12-7(11(15)16)5-6-3-1-2-4-8-9(6)10(14)13-17-8/h4,7,10,13-14H,1-3,5,12H2,(H,15,16). The molecule has 0 radical (unpaired) electrons. The van der Waals surface area contributed by atoms with E-state index in [0.717, 1.165) is 24.8 Å². The molecule has 0 spiro atoms. The van der Waals surface area contributed by atoms with Gasteiger partial charge in [0.05, 0.1) is 0 Å². The molecule has 0 aromatic carbocycles. The first-order valence-corrected chi connectivity index (χ1v) is 5.61. The molecule has 17 heavy (non-hydrogen) atoms. The minimum absolute atomic E-state index is 0.240. The van der Waals surface area contributed by atoms with Crippen molar-refractivity contribution in [2.45, 2.75) is 38.0 Å². The van der Waals surface area contributed by atoms with Crippen molar-refractivity contribution in [3.8, 4) is 0 Å². The van der Waals surface area contributed by atoms with E-state index in [-0.39, 0.29) is 6.42 Å². The zero-order valence-corrected chi connectivity index (χ0v) is 9.35. The van der Waals surface area contributed by atoms with Crippen LogP contribution < -0.4 is 11.2 Å². The summed E-state index contributed by atoms with van der Waals surface area (Å²) in [5.41, 5.74) is 9.51. The highest BCUT2D eigenvalue weighted by atomic mass is 16.7. The van der Waals surface area contributed by atoms with Crippen LogP contribution >= 0.6 is 0 Å². The lowest BCUT2D eigenvalue weighted by Gasteiger charge is -2.13. The average Bonchev–Trinajstić information content (AvgIpc) is 2.53. The van der Waals surface area contributed by atoms with Crippen LogP contribution in [0.15, 0.2) is 23.0 Å². The first-order valence-electron chi connectivity index (χ1n) is 5.61. The molecule has 5 N–H and O–H groups in total. The molecule has 6 nitrogen and oxygen atoms in total. The Morgan fingerprint density at radius 3 is 3.18 bits per heavy atom. The van der Waals surface area contributed by atoms with Gasteiger partial charge in [-0.05, 0) is 31.8 Å². The maximum absolute atomic E-state index is 10.8. The van der Waals surface area contributed by atoms with E-state index in [9.17, 15) is 9.90 Å². The lowest BCUT2D eigenvalue weighted by atomic mass is 9.96. The predicted octanol–water partition coefficient (Wildman–Crippen LogP) is 0.00600. The van der Waals surface area contributed by atoms with Crippen molar-refractivity contribution in [1.29, 1.82) is 0 Å². The number of hydrogen-bond acceptors (Lipinski definition) is 5. The summed E-state index contributed by atoms with van der Waals surface area (Å²) >= 11 is 0. The highest BCUT2D eigenvalue weighted by Gasteiger charge is 2.30. The van der Waals surface area contributed by atoms with Crippen molar-refractivity contribution < 1.29 is 19.8 Å². The van der Waals surface area contributed by atoms with Crippen LogP contribution in [0.1, 0.15) is 25.7 Å². The van der Waals surface area contributed by atoms with Crippen LogP contribution in [0.25, 0.3) is 0 Å². The third-order valence-corrected chi connectivity index (χ3v) is 3.00. The second-order valence-corrected chi connectivity index (χ2v) is 4.25. The smallest absolute Gasteiger partial charge is 0.320 e. The number of nitrogens with one attached hydrogen (secondary N) is 1. The number of hydrogen-bond donors (Lipinski definition) is 4. The van der Waals surface area contributed by atoms with E-state index in [4.69, 9.17) is 15.7 Å². The molecule has 2 atom stereocenters. The molecule has 94 valence electrons. The second-order valence-electron chi connectivity index (χ2n) is 4.25. The van der Waals surface area contributed by atoms with Crippen molar-refractivity contribution in [3.05, 3.63) is 23.0 Å². The number of aliphatic hydroxyl groups excluding tert-OH is 1. The number of rotatable bonds is 3. The van der Waals surface area contributed by atoms with Crippen molar-refractivity contribution >= 4 is 5.97 Å². The van der Waals surface area contributed by atoms with E-state index in [1.165, 1.54) is 0 Å². The summed E-state index contributed by atoms with van der Waals surface area (Å²) in [4.78, 5) is 15.9. The maximum atomic E-state index is 10.8. The molecule has 1 aliphatic carbocycles. The first-order chi connectivity index (χ1) is 8.09. The van der Waals surface area contributed by atoms with Gasteiger partial charge in [-0.3, -0.25) is 4.79 Å². The minimum Gasteiger partial charge on any atom is -0.480 e. The monoisotopic (exact) mass is 240 g/mol. The Morgan fingerprint density at radius 1 is 1.71 bits per heavy atom. The van der Waals surface area contributed by atoms with Gasteiger partial charge in [-0.1, -0.05) is 5.57 Å². The summed E-state index contributed by atoms with van der Waals surface area (Å²) in [6.07, 6.45) is 3.74. The molecule has 0 aromatic rings. The van der Waals surface area contributed by atoms with Crippen LogP contribution in [-0.4, -0.2) is 28.5 Å². The van der Waals surface area contributed by atoms with Gasteiger partial charge in [-0.2, -0.15) is 0 Å². The number of carbonyl (C=O) groups is 1. The summed E-state index contributed by atoms with van der Waals surface area (Å²) in [5.74, 6) is -0.433. The molecule has 0 amide bonds. The topological polar surface area (TPSA) is 105 Å². The van der Waals surface area contributed by atoms with Crippen molar-refractivity contribution in [3.63, 3.8) is 0 Å². The fourth-order valence-electron chi connectivity index (χ4n) is 2.14. The Labute approximate surface area is 98.7 Å². The molecule has 6 heteroatoms. The van der Waals surface area contributed by atoms with Gasteiger partial charge in [0.2, 0.25) is 0 Å². The van der Waals surface area contributed by atoms with E-state index in [2.05, 4.69) is 5.48 Å². The van der Waals surface area contributed by atoms with Crippen LogP contribution in [0, 0.1) is 0 Å². The van der Waals surface area contributed by atoms with Crippen molar-refractivity contribution in [2.75, 3.05) is 0 Å². The number of hydroxylamine groups is 1. The number of aliphatic carboxylic acids is 1. The first kappa shape index (κ1) is 12.1. The number of nitrogens with two attached hydrogens (primary N) is 1. The van der Waals surface area contributed by atoms with Gasteiger partial charge in [-0.25, -0.2) is 0 Å². The SMILES string of the molecule is NC(CC1=C2C(=CCCC1)ONC2O)C(=O)O. The van der Waals surface area contributed by atoms with Crippen molar-refractivity contribution in [2.24, 2.45) is 5.73 Å². The Balaban J connectivity index is 2.25. The molecule has 1 saturated heterocycles. The second kappa shape index (κ2) is 4.87. The molecular formula is C11H16N2O4. The van der Waals surface area contributed by atoms with Gasteiger partial charge in [0.15, 0.2) is 12.0 Å². The molecule has 2 aliphatic rings. The molecule has 1 heterocycles. The molecule has 2 rings (SSSR count). The van der Waals surface area contributed by atoms with Crippen LogP contribution in [0.2, 0.25) is 0 Å². The van der Waals surface area contributed by atoms with Crippen LogP contribution in [0.5, 0.6) is 0 Å². The number of fused-ring (bicyclic) bond motifs is 1. The molecule has 1 fully saturated rings. The molecule has 1 aliphatic heterocycles. The summed E-state index contributed by atoms with van der Waals surface area (Å²) in [6.45, 7) is 0. The molecule has 2 unspecified atom stereocenters. The third-order valence-electron chi connectivity index (χ3n) is 3.00. The van der Waals surface area contributed by atoms with Gasteiger partial charge in [0.25, 0.3) is 0 Å². The van der Waals surface area contributed by atoms with Crippen LogP contribution in [0.3, 0.4) is 0 Å². The van der Waals surface area contributed by atoms with E-state index < -0.39 is 18.2 Å². The van der Waals surface area contributed by atoms with Crippen LogP contribution in [-0.2, 0) is 9.63 Å². The zero-order valence-electron chi connectivity index (χ0n) is 9.35. The Morgan fingerprint density at radius 2 is 2.47 bits per heavy atom. The molecule has 0 bridgehead atoms. The fourth-order valence-corrected chi connectivity index (χ4v) is 2.14. The lowest BCUT2D eigenvalue weighted by molar-refractivity contribution is -0.138. The predicted molar refractivity (Wildman–Crippen MR) is 59.4 cm³/mol. The van der Waals surface area contributed by atoms with E-state index in [0.29, 0.717) is 11.3 Å². The fraction of sp³-hybridized carbons (Fsp3) is 0.545. The van der Waals surface area contributed by atoms with Gasteiger partial charge in [-0.15, -0.1) is 5.48 Å². The van der Waals surface area contributed by atoms with E-state index >= 15 is 0 Å². The maximum Gasteiger partial charge on any atom is 0.320 e. The van der Waals surface area contributed by atoms with E-state index in [1.54, 1.807) is 0 Å². The number of aliphatic hydroxyl groups is 1. The van der Waals surface area contributed by atoms with Gasteiger partial charge >= 0.3 is 5.97 Å². The van der Waals surface area contributed by atoms with Gasteiger partial charge in [0.1, 0.15) is 6.04 Å². The highest BCUT2D eigenvalue weighted by molar-refractivity contribution is 5.73. The number of carboxylic acid groups (broad SMARTS) is 1. The van der Waals surface area contributed by atoms with Gasteiger partial charge in [0, 0.05) is 5.57 Å². The summed E-state index contributed by atoms with van der Waals surface area (Å²) in [7, 11) is 0. The number of carboxylic acids is 1. The summed E-state index contributed by atoms with van der Waals surface area (Å²) in [5, 5.41) is 18.6. The molecular weight excluding hydrogens is 224 g/mol. The zero-order chi connectivity index (χ0) is 12.4. The quantitative estimate of drug-likeness (QED) is 0.553. The summed E-state index contributed by atoms with van der Waals surface area (Å²) < 4.78 is 0. The minimum atomic E-state index is -1.03. The molecule has 0 aromatic heterocycles. The Kier molecular flexibility index (Phi) is 3.46. The van der Waals surface area contributed by atoms with Crippen molar-refractivity contribution in [1.82, 2.24) is 5.48 Å². The molecule has 0 saturated carbocycles. The van der Waals surface area contributed by atoms with E-state index in [1.807, 2.05) is 6.08 Å². The highest BCUT2D eigenvalue weighted by Crippen LogP contribution is 2.32. The largest absolute Gasteiger partial charge is 0.480 e. The normalized spacial score (nSPS) is 25.8.